The van der Waals surface area contributed by atoms with Gasteiger partial charge in [0.25, 0.3) is 5.56 Å². The lowest BCUT2D eigenvalue weighted by atomic mass is 10.1. The molecule has 0 spiro atoms. The minimum absolute atomic E-state index is 0.116. The van der Waals surface area contributed by atoms with Gasteiger partial charge in [0.05, 0.1) is 17.5 Å². The van der Waals surface area contributed by atoms with Crippen molar-refractivity contribution in [3.63, 3.8) is 0 Å². The number of aryl methyl sites for hydroxylation is 3. The topological polar surface area (TPSA) is 110 Å². The van der Waals surface area contributed by atoms with Crippen LogP contribution in [0.2, 0.25) is 0 Å². The molecule has 0 saturated carbocycles. The third kappa shape index (κ3) is 5.81. The normalized spacial score (nSPS) is 11.9. The van der Waals surface area contributed by atoms with E-state index < -0.39 is 10.0 Å². The zero-order chi connectivity index (χ0) is 23.5. The van der Waals surface area contributed by atoms with Gasteiger partial charge in [0.2, 0.25) is 15.9 Å². The van der Waals surface area contributed by atoms with E-state index in [0.29, 0.717) is 15.8 Å². The molecule has 2 N–H and O–H groups in total. The maximum absolute atomic E-state index is 12.7. The van der Waals surface area contributed by atoms with Crippen LogP contribution in [0, 0.1) is 13.8 Å². The largest absolute Gasteiger partial charge is 0.352 e. The number of nitrogens with one attached hydrogen (secondary N) is 2. The first-order valence-electron chi connectivity index (χ1n) is 10.4. The number of amides is 1. The van der Waals surface area contributed by atoms with Crippen molar-refractivity contribution >= 4 is 37.5 Å². The summed E-state index contributed by atoms with van der Waals surface area (Å²) in [6, 6.07) is 6.93. The van der Waals surface area contributed by atoms with Gasteiger partial charge < -0.3 is 5.32 Å². The van der Waals surface area contributed by atoms with Crippen molar-refractivity contribution in [2.24, 2.45) is 0 Å². The van der Waals surface area contributed by atoms with E-state index in [1.807, 2.05) is 13.8 Å². The van der Waals surface area contributed by atoms with Crippen LogP contribution in [-0.4, -0.2) is 29.9 Å². The molecule has 3 aromatic rings. The summed E-state index contributed by atoms with van der Waals surface area (Å²) in [6.45, 7) is 7.83. The Balaban J connectivity index is 1.63. The van der Waals surface area contributed by atoms with E-state index in [4.69, 9.17) is 0 Å². The Hall–Kier alpha value is -2.56. The molecule has 1 amide bonds. The second-order valence-electron chi connectivity index (χ2n) is 8.03. The van der Waals surface area contributed by atoms with Crippen LogP contribution in [0.1, 0.15) is 41.8 Å². The third-order valence-corrected chi connectivity index (χ3v) is 7.73. The van der Waals surface area contributed by atoms with Gasteiger partial charge in [-0.1, -0.05) is 24.3 Å². The van der Waals surface area contributed by atoms with Crippen LogP contribution in [0.5, 0.6) is 0 Å². The van der Waals surface area contributed by atoms with E-state index in [2.05, 4.69) is 15.0 Å². The van der Waals surface area contributed by atoms with Crippen molar-refractivity contribution in [2.45, 2.75) is 59.0 Å². The molecule has 0 atom stereocenters. The monoisotopic (exact) mass is 476 g/mol. The molecule has 0 fully saturated rings. The van der Waals surface area contributed by atoms with Crippen LogP contribution in [0.15, 0.2) is 35.4 Å². The van der Waals surface area contributed by atoms with Gasteiger partial charge in [-0.3, -0.25) is 14.2 Å². The molecular weight excluding hydrogens is 448 g/mol. The average molecular weight is 477 g/mol. The molecule has 10 heteroatoms. The molecule has 1 aromatic carbocycles. The van der Waals surface area contributed by atoms with Crippen molar-refractivity contribution < 1.29 is 13.2 Å². The molecule has 0 aliphatic carbocycles. The number of thiophene rings is 1. The van der Waals surface area contributed by atoms with Crippen molar-refractivity contribution in [2.75, 3.05) is 0 Å². The molecule has 0 aliphatic heterocycles. The van der Waals surface area contributed by atoms with Crippen molar-refractivity contribution in [3.8, 4) is 0 Å². The average Bonchev–Trinajstić information content (AvgIpc) is 3.00. The number of fused-ring (bicyclic) bond motifs is 1. The predicted octanol–water partition coefficient (Wildman–Crippen LogP) is 2.61. The maximum Gasteiger partial charge on any atom is 0.262 e. The highest BCUT2D eigenvalue weighted by molar-refractivity contribution is 7.88. The Kier molecular flexibility index (Phi) is 7.47. The van der Waals surface area contributed by atoms with Gasteiger partial charge in [-0.25, -0.2) is 18.1 Å². The van der Waals surface area contributed by atoms with Crippen LogP contribution >= 0.6 is 11.3 Å². The van der Waals surface area contributed by atoms with Gasteiger partial charge in [0.1, 0.15) is 4.83 Å². The van der Waals surface area contributed by atoms with Crippen molar-refractivity contribution in [1.82, 2.24) is 19.6 Å². The first kappa shape index (κ1) is 24.1. The van der Waals surface area contributed by atoms with Crippen LogP contribution in [-0.2, 0) is 33.7 Å². The predicted molar refractivity (Wildman–Crippen MR) is 127 cm³/mol. The second-order valence-corrected chi connectivity index (χ2v) is 11.0. The van der Waals surface area contributed by atoms with Crippen LogP contribution in [0.3, 0.4) is 0 Å². The summed E-state index contributed by atoms with van der Waals surface area (Å²) in [5, 5.41) is 3.43. The summed E-state index contributed by atoms with van der Waals surface area (Å²) < 4.78 is 28.6. The molecule has 0 saturated heterocycles. The Morgan fingerprint density at radius 2 is 1.88 bits per heavy atom. The second kappa shape index (κ2) is 9.93. The lowest BCUT2D eigenvalue weighted by Crippen LogP contribution is -2.32. The van der Waals surface area contributed by atoms with Gasteiger partial charge in [-0.05, 0) is 44.4 Å². The summed E-state index contributed by atoms with van der Waals surface area (Å²) in [4.78, 5) is 31.3. The Morgan fingerprint density at radius 3 is 2.56 bits per heavy atom. The minimum atomic E-state index is -3.47. The minimum Gasteiger partial charge on any atom is -0.352 e. The van der Waals surface area contributed by atoms with E-state index in [9.17, 15) is 18.0 Å². The van der Waals surface area contributed by atoms with Gasteiger partial charge >= 0.3 is 0 Å². The van der Waals surface area contributed by atoms with Crippen molar-refractivity contribution in [1.29, 1.82) is 0 Å². The number of sulfonamides is 1. The van der Waals surface area contributed by atoms with E-state index in [-0.39, 0.29) is 42.8 Å². The molecule has 2 heterocycles. The smallest absolute Gasteiger partial charge is 0.262 e. The molecule has 0 unspecified atom stereocenters. The van der Waals surface area contributed by atoms with E-state index in [1.165, 1.54) is 22.2 Å². The number of carbonyl (C=O) groups is 1. The van der Waals surface area contributed by atoms with Gasteiger partial charge in [-0.15, -0.1) is 11.3 Å². The lowest BCUT2D eigenvalue weighted by Gasteiger charge is -2.13. The Labute approximate surface area is 191 Å². The first-order chi connectivity index (χ1) is 15.1. The Bertz CT molecular complexity index is 1290. The molecule has 3 rings (SSSR count). The van der Waals surface area contributed by atoms with Crippen LogP contribution in [0.4, 0.5) is 0 Å². The zero-order valence-electron chi connectivity index (χ0n) is 18.6. The summed E-state index contributed by atoms with van der Waals surface area (Å²) in [5.41, 5.74) is 2.16. The first-order valence-corrected chi connectivity index (χ1v) is 12.8. The van der Waals surface area contributed by atoms with E-state index >= 15 is 0 Å². The number of hydrogen-bond acceptors (Lipinski definition) is 6. The fourth-order valence-electron chi connectivity index (χ4n) is 3.41. The molecule has 0 aliphatic rings. The summed E-state index contributed by atoms with van der Waals surface area (Å²) >= 11 is 1.49. The summed E-state index contributed by atoms with van der Waals surface area (Å²) in [5.74, 6) is -0.384. The Morgan fingerprint density at radius 1 is 1.19 bits per heavy atom. The lowest BCUT2D eigenvalue weighted by molar-refractivity contribution is -0.121. The van der Waals surface area contributed by atoms with Gasteiger partial charge in [0.15, 0.2) is 0 Å². The molecule has 172 valence electrons. The number of benzene rings is 1. The number of hydrogen-bond donors (Lipinski definition) is 2. The standard InChI is InChI=1S/C22H28N4O4S2/c1-14(2)25-32(29,30)12-18-8-6-5-7-17(18)11-23-19(27)9-10-26-13-24-21-20(22(26)28)15(3)16(4)31-21/h5-8,13-14,25H,9-12H2,1-4H3,(H,23,27). The molecule has 2 aromatic heterocycles. The quantitative estimate of drug-likeness (QED) is 0.493. The number of carbonyl (C=O) groups excluding carboxylic acids is 1. The van der Waals surface area contributed by atoms with Gasteiger partial charge in [0, 0.05) is 30.4 Å². The van der Waals surface area contributed by atoms with Gasteiger partial charge in [-0.2, -0.15) is 0 Å². The molecule has 32 heavy (non-hydrogen) atoms. The summed E-state index contributed by atoms with van der Waals surface area (Å²) in [7, 11) is -3.47. The zero-order valence-corrected chi connectivity index (χ0v) is 20.3. The number of rotatable bonds is 9. The number of nitrogens with zero attached hydrogens (tertiary/aromatic N) is 2. The highest BCUT2D eigenvalue weighted by atomic mass is 32.2. The fraction of sp³-hybridized carbons (Fsp3) is 0.409. The van der Waals surface area contributed by atoms with Crippen LogP contribution < -0.4 is 15.6 Å². The highest BCUT2D eigenvalue weighted by Gasteiger charge is 2.16. The molecule has 0 bridgehead atoms. The summed E-state index contributed by atoms with van der Waals surface area (Å²) in [6.07, 6.45) is 1.60. The molecule has 0 radical (unpaired) electrons. The van der Waals surface area contributed by atoms with Crippen LogP contribution in [0.25, 0.3) is 10.2 Å². The van der Waals surface area contributed by atoms with E-state index in [1.54, 1.807) is 38.1 Å². The fourth-order valence-corrected chi connectivity index (χ4v) is 5.89. The van der Waals surface area contributed by atoms with E-state index in [0.717, 1.165) is 16.0 Å². The molecule has 8 nitrogen and oxygen atoms in total. The maximum atomic E-state index is 12.7. The number of aromatic nitrogens is 2. The van der Waals surface area contributed by atoms with Crippen molar-refractivity contribution in [3.05, 3.63) is 62.5 Å². The molecular formula is C22H28N4O4S2. The third-order valence-electron chi connectivity index (χ3n) is 5.09. The SMILES string of the molecule is Cc1sc2ncn(CCC(=O)NCc3ccccc3CS(=O)(=O)NC(C)C)c(=O)c2c1C. The highest BCUT2D eigenvalue weighted by Crippen LogP contribution is 2.25.